The third-order valence-corrected chi connectivity index (χ3v) is 2.94. The van der Waals surface area contributed by atoms with Crippen LogP contribution in [0.1, 0.15) is 40.0 Å². The minimum Gasteiger partial charge on any atom is -0.444 e. The zero-order valence-electron chi connectivity index (χ0n) is 11.9. The van der Waals surface area contributed by atoms with Crippen molar-refractivity contribution in [2.75, 3.05) is 20.2 Å². The zero-order chi connectivity index (χ0) is 13.6. The number of carbonyl (C=O) groups is 1. The first-order valence-corrected chi connectivity index (χ1v) is 6.64. The predicted molar refractivity (Wildman–Crippen MR) is 70.7 cm³/mol. The van der Waals surface area contributed by atoms with Crippen molar-refractivity contribution in [1.82, 2.24) is 10.6 Å². The van der Waals surface area contributed by atoms with Crippen LogP contribution in [0.3, 0.4) is 0 Å². The van der Waals surface area contributed by atoms with Crippen molar-refractivity contribution >= 4 is 6.09 Å². The molecule has 106 valence electrons. The van der Waals surface area contributed by atoms with Gasteiger partial charge in [-0.05, 0) is 40.0 Å². The Hall–Kier alpha value is -0.810. The summed E-state index contributed by atoms with van der Waals surface area (Å²) in [5.74, 6) is 0. The van der Waals surface area contributed by atoms with Crippen LogP contribution in [0.4, 0.5) is 4.79 Å². The maximum atomic E-state index is 11.4. The van der Waals surface area contributed by atoms with Crippen molar-refractivity contribution in [3.63, 3.8) is 0 Å². The third kappa shape index (κ3) is 6.21. The lowest BCUT2D eigenvalue weighted by Gasteiger charge is -2.20. The molecule has 1 saturated carbocycles. The van der Waals surface area contributed by atoms with Gasteiger partial charge in [-0.3, -0.25) is 0 Å². The van der Waals surface area contributed by atoms with Crippen molar-refractivity contribution in [1.29, 1.82) is 0 Å². The van der Waals surface area contributed by atoms with Crippen LogP contribution >= 0.6 is 0 Å². The maximum absolute atomic E-state index is 11.4. The maximum Gasteiger partial charge on any atom is 0.407 e. The van der Waals surface area contributed by atoms with Crippen molar-refractivity contribution in [3.05, 3.63) is 0 Å². The molecule has 1 rings (SSSR count). The smallest absolute Gasteiger partial charge is 0.407 e. The van der Waals surface area contributed by atoms with Crippen LogP contribution < -0.4 is 10.6 Å². The Balaban J connectivity index is 2.04. The topological polar surface area (TPSA) is 59.6 Å². The lowest BCUT2D eigenvalue weighted by atomic mass is 10.2. The summed E-state index contributed by atoms with van der Waals surface area (Å²) in [6, 6.07) is 0.510. The van der Waals surface area contributed by atoms with Gasteiger partial charge in [0.15, 0.2) is 0 Å². The fourth-order valence-corrected chi connectivity index (χ4v) is 2.09. The second-order valence-electron chi connectivity index (χ2n) is 5.75. The van der Waals surface area contributed by atoms with E-state index in [0.717, 1.165) is 25.8 Å². The average Bonchev–Trinajstić information content (AvgIpc) is 2.70. The van der Waals surface area contributed by atoms with E-state index in [-0.39, 0.29) is 6.09 Å². The van der Waals surface area contributed by atoms with Crippen LogP contribution in [-0.4, -0.2) is 44.0 Å². The molecule has 0 aromatic heterocycles. The van der Waals surface area contributed by atoms with E-state index in [1.165, 1.54) is 0 Å². The van der Waals surface area contributed by atoms with E-state index in [9.17, 15) is 4.79 Å². The summed E-state index contributed by atoms with van der Waals surface area (Å²) < 4.78 is 10.5. The molecule has 0 aromatic carbocycles. The molecule has 0 saturated heterocycles. The summed E-state index contributed by atoms with van der Waals surface area (Å²) in [6.45, 7) is 6.92. The average molecular weight is 258 g/mol. The highest BCUT2D eigenvalue weighted by atomic mass is 16.6. The number of ether oxygens (including phenoxy) is 2. The molecule has 0 bridgehead atoms. The Kier molecular flexibility index (Phi) is 5.88. The number of carbonyl (C=O) groups excluding carboxylic acids is 1. The lowest BCUT2D eigenvalue weighted by Crippen LogP contribution is -2.38. The number of hydrogen-bond acceptors (Lipinski definition) is 4. The Morgan fingerprint density at radius 2 is 2.00 bits per heavy atom. The van der Waals surface area contributed by atoms with Gasteiger partial charge >= 0.3 is 6.09 Å². The van der Waals surface area contributed by atoms with Gasteiger partial charge in [0.2, 0.25) is 0 Å². The summed E-state index contributed by atoms with van der Waals surface area (Å²) in [5, 5.41) is 6.15. The van der Waals surface area contributed by atoms with Gasteiger partial charge in [0.05, 0.1) is 6.10 Å². The fourth-order valence-electron chi connectivity index (χ4n) is 2.09. The van der Waals surface area contributed by atoms with E-state index < -0.39 is 5.60 Å². The van der Waals surface area contributed by atoms with Gasteiger partial charge in [-0.25, -0.2) is 4.79 Å². The van der Waals surface area contributed by atoms with Gasteiger partial charge in [-0.2, -0.15) is 0 Å². The molecular weight excluding hydrogens is 232 g/mol. The molecule has 0 spiro atoms. The Bertz CT molecular complexity index is 263. The van der Waals surface area contributed by atoms with Crippen molar-refractivity contribution in [2.24, 2.45) is 0 Å². The standard InChI is InChI=1S/C13H26N2O3/c1-13(2,3)18-12(16)15-8-7-14-10-5-6-11(9-10)17-4/h10-11,14H,5-9H2,1-4H3,(H,15,16). The summed E-state index contributed by atoms with van der Waals surface area (Å²) in [6.07, 6.45) is 3.36. The second-order valence-corrected chi connectivity index (χ2v) is 5.75. The molecule has 5 nitrogen and oxygen atoms in total. The second kappa shape index (κ2) is 6.95. The quantitative estimate of drug-likeness (QED) is 0.736. The van der Waals surface area contributed by atoms with Crippen LogP contribution in [0.25, 0.3) is 0 Å². The molecule has 18 heavy (non-hydrogen) atoms. The van der Waals surface area contributed by atoms with Crippen LogP contribution in [0.5, 0.6) is 0 Å². The first kappa shape index (κ1) is 15.2. The monoisotopic (exact) mass is 258 g/mol. The number of nitrogens with one attached hydrogen (secondary N) is 2. The Labute approximate surface area is 110 Å². The minimum absolute atomic E-state index is 0.356. The molecule has 2 N–H and O–H groups in total. The van der Waals surface area contributed by atoms with Crippen LogP contribution in [0.15, 0.2) is 0 Å². The molecule has 5 heteroatoms. The van der Waals surface area contributed by atoms with Crippen LogP contribution in [0.2, 0.25) is 0 Å². The zero-order valence-corrected chi connectivity index (χ0v) is 11.9. The largest absolute Gasteiger partial charge is 0.444 e. The predicted octanol–water partition coefficient (Wildman–Crippen LogP) is 1.67. The van der Waals surface area contributed by atoms with E-state index in [2.05, 4.69) is 10.6 Å². The van der Waals surface area contributed by atoms with Gasteiger partial charge in [0, 0.05) is 26.2 Å². The Morgan fingerprint density at radius 3 is 2.56 bits per heavy atom. The van der Waals surface area contributed by atoms with Crippen LogP contribution in [-0.2, 0) is 9.47 Å². The summed E-state index contributed by atoms with van der Waals surface area (Å²) in [4.78, 5) is 11.4. The minimum atomic E-state index is -0.436. The first-order valence-electron chi connectivity index (χ1n) is 6.64. The van der Waals surface area contributed by atoms with Crippen molar-refractivity contribution < 1.29 is 14.3 Å². The number of hydrogen-bond donors (Lipinski definition) is 2. The lowest BCUT2D eigenvalue weighted by molar-refractivity contribution is 0.0527. The molecule has 0 heterocycles. The van der Waals surface area contributed by atoms with Gasteiger partial charge in [-0.1, -0.05) is 0 Å². The van der Waals surface area contributed by atoms with E-state index in [1.54, 1.807) is 7.11 Å². The highest BCUT2D eigenvalue weighted by molar-refractivity contribution is 5.67. The molecule has 0 aliphatic heterocycles. The molecule has 2 unspecified atom stereocenters. The Morgan fingerprint density at radius 1 is 1.28 bits per heavy atom. The van der Waals surface area contributed by atoms with Gasteiger partial charge in [0.1, 0.15) is 5.60 Å². The van der Waals surface area contributed by atoms with Gasteiger partial charge < -0.3 is 20.1 Å². The number of amides is 1. The molecule has 1 fully saturated rings. The highest BCUT2D eigenvalue weighted by Gasteiger charge is 2.23. The van der Waals surface area contributed by atoms with E-state index in [0.29, 0.717) is 18.7 Å². The van der Waals surface area contributed by atoms with Crippen molar-refractivity contribution in [2.45, 2.75) is 57.8 Å². The fraction of sp³-hybridized carbons (Fsp3) is 0.923. The third-order valence-electron chi connectivity index (χ3n) is 2.94. The molecule has 0 radical (unpaired) electrons. The first-order chi connectivity index (χ1) is 8.40. The molecular formula is C13H26N2O3. The van der Waals surface area contributed by atoms with E-state index in [1.807, 2.05) is 20.8 Å². The molecule has 0 aromatic rings. The van der Waals surface area contributed by atoms with Crippen molar-refractivity contribution in [3.8, 4) is 0 Å². The SMILES string of the molecule is COC1CCC(NCCNC(=O)OC(C)(C)C)C1. The molecule has 1 aliphatic rings. The van der Waals surface area contributed by atoms with Gasteiger partial charge in [-0.15, -0.1) is 0 Å². The molecule has 2 atom stereocenters. The van der Waals surface area contributed by atoms with Gasteiger partial charge in [0.25, 0.3) is 0 Å². The number of alkyl carbamates (subject to hydrolysis) is 1. The summed E-state index contributed by atoms with van der Waals surface area (Å²) in [5.41, 5.74) is -0.436. The number of rotatable bonds is 5. The highest BCUT2D eigenvalue weighted by Crippen LogP contribution is 2.20. The van der Waals surface area contributed by atoms with Crippen LogP contribution in [0, 0.1) is 0 Å². The molecule has 1 aliphatic carbocycles. The number of methoxy groups -OCH3 is 1. The molecule has 1 amide bonds. The van der Waals surface area contributed by atoms with E-state index in [4.69, 9.17) is 9.47 Å². The summed E-state index contributed by atoms with van der Waals surface area (Å²) >= 11 is 0. The summed E-state index contributed by atoms with van der Waals surface area (Å²) in [7, 11) is 1.76. The van der Waals surface area contributed by atoms with E-state index >= 15 is 0 Å². The normalized spacial score (nSPS) is 24.0.